The van der Waals surface area contributed by atoms with Crippen molar-refractivity contribution in [1.29, 1.82) is 0 Å². The van der Waals surface area contributed by atoms with Crippen LogP contribution in [0.1, 0.15) is 97.6 Å². The van der Waals surface area contributed by atoms with Crippen LogP contribution < -0.4 is 21.7 Å². The molecule has 0 spiro atoms. The van der Waals surface area contributed by atoms with E-state index in [4.69, 9.17) is 39.9 Å². The Hall–Kier alpha value is -6.48. The number of ether oxygens (including phenoxy) is 6. The zero-order valence-corrected chi connectivity index (χ0v) is 40.3. The summed E-state index contributed by atoms with van der Waals surface area (Å²) in [5.74, 6) is -7.32. The molecule has 1 aromatic carbocycles. The van der Waals surface area contributed by atoms with E-state index in [1.807, 2.05) is 0 Å². The molecule has 368 valence electrons. The van der Waals surface area contributed by atoms with E-state index in [1.165, 1.54) is 18.3 Å². The van der Waals surface area contributed by atoms with Crippen molar-refractivity contribution >= 4 is 77.7 Å². The quantitative estimate of drug-likeness (QED) is 0.0512. The molecule has 0 aliphatic heterocycles. The van der Waals surface area contributed by atoms with Gasteiger partial charge >= 0.3 is 35.8 Å². The van der Waals surface area contributed by atoms with Gasteiger partial charge in [-0.15, -0.1) is 0 Å². The Morgan fingerprint density at radius 1 is 0.731 bits per heavy atom. The van der Waals surface area contributed by atoms with Gasteiger partial charge in [-0.25, -0.2) is 14.8 Å². The molecule has 3 rings (SSSR count). The van der Waals surface area contributed by atoms with Gasteiger partial charge in [-0.05, 0) is 99.4 Å². The lowest BCUT2D eigenvalue weighted by Gasteiger charge is -2.23. The molecule has 0 radical (unpaired) electrons. The van der Waals surface area contributed by atoms with E-state index in [-0.39, 0.29) is 41.5 Å². The fraction of sp³-hybridized carbons (Fsp3) is 0.558. The third-order valence-corrected chi connectivity index (χ3v) is 11.4. The first-order valence-electron chi connectivity index (χ1n) is 20.9. The van der Waals surface area contributed by atoms with E-state index in [1.54, 1.807) is 86.4 Å². The molecule has 0 bridgehead atoms. The highest BCUT2D eigenvalue weighted by Gasteiger charge is 2.34. The van der Waals surface area contributed by atoms with E-state index in [0.717, 1.165) is 0 Å². The van der Waals surface area contributed by atoms with Crippen molar-refractivity contribution in [3.63, 3.8) is 0 Å². The molecule has 67 heavy (non-hydrogen) atoms. The van der Waals surface area contributed by atoms with Crippen LogP contribution in [0.25, 0.3) is 11.2 Å². The summed E-state index contributed by atoms with van der Waals surface area (Å²) in [6.45, 7) is 12.1. The zero-order chi connectivity index (χ0) is 50.5. The topological polar surface area (TPSA) is 331 Å². The number of carbonyl (C=O) groups is 7. The predicted octanol–water partition coefficient (Wildman–Crippen LogP) is 3.65. The summed E-state index contributed by atoms with van der Waals surface area (Å²) in [7, 11) is -2.68. The number of nitrogens with two attached hydrogens (primary N) is 2. The third kappa shape index (κ3) is 18.0. The predicted molar refractivity (Wildman–Crippen MR) is 240 cm³/mol. The van der Waals surface area contributed by atoms with Gasteiger partial charge in [0.05, 0.1) is 40.6 Å². The maximum absolute atomic E-state index is 13.8. The van der Waals surface area contributed by atoms with E-state index < -0.39 is 123 Å². The van der Waals surface area contributed by atoms with Crippen LogP contribution in [0, 0.1) is 22.2 Å². The van der Waals surface area contributed by atoms with Gasteiger partial charge in [0.25, 0.3) is 5.91 Å². The number of aromatic nitrogens is 4. The molecule has 0 aliphatic rings. The molecule has 2 aromatic heterocycles. The molecule has 6 N–H and O–H groups in total. The van der Waals surface area contributed by atoms with Crippen LogP contribution in [0.5, 0.6) is 0 Å². The molecule has 3 unspecified atom stereocenters. The fourth-order valence-electron chi connectivity index (χ4n) is 5.46. The first-order chi connectivity index (χ1) is 31.0. The highest BCUT2D eigenvalue weighted by atomic mass is 31.2. The first kappa shape index (κ1) is 54.9. The van der Waals surface area contributed by atoms with Crippen LogP contribution in [0.4, 0.5) is 17.5 Å². The first-order valence-corrected chi connectivity index (χ1v) is 23.0. The molecule has 2 heterocycles. The third-order valence-electron chi connectivity index (χ3n) is 9.39. The van der Waals surface area contributed by atoms with Gasteiger partial charge in [-0.2, -0.15) is 9.97 Å². The molecule has 3 atom stereocenters. The standard InChI is InChI=1S/C43H61N8O15P/c1-41(2,3)37(56)64-22-61-30(52)16-13-26(35(54)62-23-65-38(57)42(4,5)6)21-67(59,60)18-17-29(36(55)63-24-66-39(58)43(7,8)9)48-34(53)25-11-14-28(15-12-25)51(10)20-27-19-46-33-31(47-27)32(44)49-40(45)50-33/h11-12,14-15,19,26,29H,13,16-18,20-24H2,1-10H3,(H,48,53)(H,59,60)(H4,44,45,46,49,50). The summed E-state index contributed by atoms with van der Waals surface area (Å²) in [6.07, 6.45) is -1.32. The Labute approximate surface area is 387 Å². The number of amides is 1. The molecule has 0 saturated carbocycles. The summed E-state index contributed by atoms with van der Waals surface area (Å²) < 4.78 is 43.9. The number of nitrogens with one attached hydrogen (secondary N) is 1. The minimum absolute atomic E-state index is 0.0394. The average molecular weight is 961 g/mol. The van der Waals surface area contributed by atoms with Crippen LogP contribution in [0.15, 0.2) is 30.5 Å². The molecule has 23 nitrogen and oxygen atoms in total. The van der Waals surface area contributed by atoms with Crippen molar-refractivity contribution in [2.24, 2.45) is 22.2 Å². The minimum atomic E-state index is -4.44. The zero-order valence-electron chi connectivity index (χ0n) is 39.4. The Balaban J connectivity index is 1.76. The Bertz CT molecular complexity index is 2330. The number of esters is 6. The van der Waals surface area contributed by atoms with Crippen LogP contribution in [-0.4, -0.2) is 112 Å². The van der Waals surface area contributed by atoms with Crippen molar-refractivity contribution in [1.82, 2.24) is 25.3 Å². The second-order valence-corrected chi connectivity index (χ2v) is 21.1. The van der Waals surface area contributed by atoms with Gasteiger partial charge in [0.15, 0.2) is 17.0 Å². The van der Waals surface area contributed by atoms with Gasteiger partial charge in [-0.1, -0.05) is 0 Å². The molecular formula is C43H61N8O15P. The lowest BCUT2D eigenvalue weighted by Crippen LogP contribution is -2.43. The highest BCUT2D eigenvalue weighted by Crippen LogP contribution is 2.44. The molecule has 0 saturated heterocycles. The number of carbonyl (C=O) groups excluding carboxylic acids is 7. The van der Waals surface area contributed by atoms with Crippen LogP contribution in [0.3, 0.4) is 0 Å². The number of rotatable bonds is 21. The number of anilines is 3. The molecule has 3 aromatic rings. The lowest BCUT2D eigenvalue weighted by atomic mass is 9.97. The molecule has 0 aliphatic carbocycles. The highest BCUT2D eigenvalue weighted by molar-refractivity contribution is 7.58. The van der Waals surface area contributed by atoms with Gasteiger partial charge in [0.2, 0.25) is 33.7 Å². The number of nitrogen functional groups attached to an aromatic ring is 2. The second-order valence-electron chi connectivity index (χ2n) is 18.5. The number of benzene rings is 1. The van der Waals surface area contributed by atoms with Gasteiger partial charge in [0, 0.05) is 37.0 Å². The average Bonchev–Trinajstić information content (AvgIpc) is 3.22. The van der Waals surface area contributed by atoms with E-state index >= 15 is 0 Å². The van der Waals surface area contributed by atoms with Crippen molar-refractivity contribution in [2.75, 3.05) is 56.1 Å². The van der Waals surface area contributed by atoms with Crippen LogP contribution in [0.2, 0.25) is 0 Å². The Morgan fingerprint density at radius 2 is 1.25 bits per heavy atom. The summed E-state index contributed by atoms with van der Waals surface area (Å²) >= 11 is 0. The maximum atomic E-state index is 13.8. The van der Waals surface area contributed by atoms with Gasteiger partial charge in [-0.3, -0.25) is 33.3 Å². The molecule has 1 amide bonds. The van der Waals surface area contributed by atoms with Gasteiger partial charge in [0.1, 0.15) is 6.04 Å². The summed E-state index contributed by atoms with van der Waals surface area (Å²) in [5.41, 5.74) is 10.6. The SMILES string of the molecule is CN(Cc1cnc2nc(N)nc(N)c2n1)c1ccc(C(=O)NC(CCP(=O)(O)CC(CCC(=O)OCOC(=O)C(C)(C)C)C(=O)OCOC(=O)C(C)(C)C)C(=O)OCOC(=O)C(C)(C)C)cc1. The number of hydrogen-bond donors (Lipinski definition) is 4. The lowest BCUT2D eigenvalue weighted by molar-refractivity contribution is -0.176. The molecule has 0 fully saturated rings. The summed E-state index contributed by atoms with van der Waals surface area (Å²) in [5, 5.41) is 2.50. The minimum Gasteiger partial charge on any atom is -0.428 e. The normalized spacial score (nSPS) is 13.5. The van der Waals surface area contributed by atoms with Crippen molar-refractivity contribution < 1.29 is 71.4 Å². The monoisotopic (exact) mass is 960 g/mol. The van der Waals surface area contributed by atoms with E-state index in [2.05, 4.69) is 25.3 Å². The Morgan fingerprint density at radius 3 is 1.79 bits per heavy atom. The fourth-order valence-corrected chi connectivity index (χ4v) is 7.33. The van der Waals surface area contributed by atoms with Crippen LogP contribution in [-0.2, 0) is 68.3 Å². The number of fused-ring (bicyclic) bond motifs is 1. The van der Waals surface area contributed by atoms with Crippen LogP contribution >= 0.6 is 7.37 Å². The molecule has 24 heteroatoms. The smallest absolute Gasteiger partial charge is 0.331 e. The largest absolute Gasteiger partial charge is 0.428 e. The van der Waals surface area contributed by atoms with Gasteiger partial charge < -0.3 is 55.0 Å². The summed E-state index contributed by atoms with van der Waals surface area (Å²) in [4.78, 5) is 119. The van der Waals surface area contributed by atoms with E-state index in [0.29, 0.717) is 11.4 Å². The summed E-state index contributed by atoms with van der Waals surface area (Å²) in [6, 6.07) is 4.62. The maximum Gasteiger partial charge on any atom is 0.331 e. The van der Waals surface area contributed by atoms with Crippen molar-refractivity contribution in [3.05, 3.63) is 41.7 Å². The van der Waals surface area contributed by atoms with Crippen molar-refractivity contribution in [2.45, 2.75) is 94.2 Å². The molecular weight excluding hydrogens is 899 g/mol. The second kappa shape index (κ2) is 23.3. The van der Waals surface area contributed by atoms with Crippen molar-refractivity contribution in [3.8, 4) is 0 Å². The van der Waals surface area contributed by atoms with E-state index in [9.17, 15) is 43.0 Å². The number of hydrogen-bond acceptors (Lipinski definition) is 21. The number of nitrogens with zero attached hydrogens (tertiary/aromatic N) is 5. The Kier molecular flexibility index (Phi) is 19.1.